The summed E-state index contributed by atoms with van der Waals surface area (Å²) in [6.45, 7) is 8.64. The molecular formula is C26H36FN5O4S. The van der Waals surface area contributed by atoms with Crippen molar-refractivity contribution in [2.75, 3.05) is 23.8 Å². The van der Waals surface area contributed by atoms with E-state index in [1.807, 2.05) is 30.4 Å². The van der Waals surface area contributed by atoms with Crippen LogP contribution in [0.4, 0.5) is 16.0 Å². The highest BCUT2D eigenvalue weighted by Gasteiger charge is 2.40. The van der Waals surface area contributed by atoms with Crippen LogP contribution in [0.1, 0.15) is 70.2 Å². The molecule has 2 aliphatic rings. The van der Waals surface area contributed by atoms with Gasteiger partial charge in [0.25, 0.3) is 21.8 Å². The molecule has 37 heavy (non-hydrogen) atoms. The van der Waals surface area contributed by atoms with Crippen molar-refractivity contribution in [1.82, 2.24) is 14.7 Å². The molecule has 202 valence electrons. The summed E-state index contributed by atoms with van der Waals surface area (Å²) in [5.41, 5.74) is -0.552. The number of rotatable bonds is 8. The van der Waals surface area contributed by atoms with Gasteiger partial charge in [-0.15, -0.1) is 0 Å². The zero-order valence-electron chi connectivity index (χ0n) is 22.0. The molecule has 0 radical (unpaired) electrons. The quantitative estimate of drug-likeness (QED) is 0.515. The average Bonchev–Trinajstić information content (AvgIpc) is 3.47. The van der Waals surface area contributed by atoms with E-state index in [1.165, 1.54) is 12.1 Å². The summed E-state index contributed by atoms with van der Waals surface area (Å²) < 4.78 is 49.2. The smallest absolute Gasteiger partial charge is 0.281 e. The van der Waals surface area contributed by atoms with Gasteiger partial charge in [0.15, 0.2) is 10.8 Å². The van der Waals surface area contributed by atoms with Crippen molar-refractivity contribution in [1.29, 1.82) is 0 Å². The van der Waals surface area contributed by atoms with Gasteiger partial charge in [-0.1, -0.05) is 25.8 Å². The van der Waals surface area contributed by atoms with E-state index in [1.54, 1.807) is 13.1 Å². The third-order valence-electron chi connectivity index (χ3n) is 7.34. The zero-order chi connectivity index (χ0) is 27.0. The van der Waals surface area contributed by atoms with Crippen molar-refractivity contribution in [2.45, 2.75) is 76.5 Å². The van der Waals surface area contributed by atoms with Crippen LogP contribution in [0, 0.1) is 17.7 Å². The molecule has 0 bridgehead atoms. The Bertz CT molecular complexity index is 1260. The molecule has 4 rings (SSSR count). The number of anilines is 2. The Labute approximate surface area is 218 Å². The Kier molecular flexibility index (Phi) is 7.64. The number of hydrogen-bond donors (Lipinski definition) is 2. The van der Waals surface area contributed by atoms with Crippen molar-refractivity contribution < 1.29 is 22.3 Å². The van der Waals surface area contributed by atoms with E-state index in [2.05, 4.69) is 22.2 Å². The Morgan fingerprint density at radius 1 is 1.24 bits per heavy atom. The standard InChI is InChI=1S/C26H36FN5O4S/c1-16-14-26(3,4)32(15-16)23-19(13-20(27)25(30-23)36-17(2)18-9-6-7-10-18)24(33)31-37(34,35)22-12-8-11-21(28-5)29-22/h8,11-13,16-18H,6-7,9-10,14-15H2,1-5H3,(H,28,29)(H,31,33)/t16-,17?/m0/s1. The number of ether oxygens (including phenoxy) is 1. The molecule has 0 spiro atoms. The van der Waals surface area contributed by atoms with Crippen LogP contribution in [-0.4, -0.2) is 49.5 Å². The highest BCUT2D eigenvalue weighted by Crippen LogP contribution is 2.39. The summed E-state index contributed by atoms with van der Waals surface area (Å²) in [5.74, 6) is -0.810. The largest absolute Gasteiger partial charge is 0.472 e. The number of nitrogens with one attached hydrogen (secondary N) is 2. The van der Waals surface area contributed by atoms with E-state index in [0.717, 1.165) is 38.2 Å². The van der Waals surface area contributed by atoms with Crippen LogP contribution in [0.5, 0.6) is 5.88 Å². The van der Waals surface area contributed by atoms with Crippen LogP contribution in [0.15, 0.2) is 29.3 Å². The first-order valence-corrected chi connectivity index (χ1v) is 14.3. The molecule has 2 atom stereocenters. The monoisotopic (exact) mass is 533 g/mol. The minimum Gasteiger partial charge on any atom is -0.472 e. The van der Waals surface area contributed by atoms with Crippen LogP contribution in [0.25, 0.3) is 0 Å². The second-order valence-corrected chi connectivity index (χ2v) is 12.4. The Balaban J connectivity index is 1.71. The predicted molar refractivity (Wildman–Crippen MR) is 140 cm³/mol. The molecule has 1 saturated heterocycles. The molecule has 1 aliphatic carbocycles. The Morgan fingerprint density at radius 2 is 1.95 bits per heavy atom. The van der Waals surface area contributed by atoms with E-state index in [4.69, 9.17) is 4.74 Å². The summed E-state index contributed by atoms with van der Waals surface area (Å²) in [6.07, 6.45) is 4.90. The summed E-state index contributed by atoms with van der Waals surface area (Å²) in [7, 11) is -2.72. The second kappa shape index (κ2) is 10.4. The maximum absolute atomic E-state index is 15.3. The fourth-order valence-corrected chi connectivity index (χ4v) is 6.44. The molecule has 1 unspecified atom stereocenters. The lowest BCUT2D eigenvalue weighted by atomic mass is 9.97. The van der Waals surface area contributed by atoms with Crippen LogP contribution in [0.2, 0.25) is 0 Å². The molecule has 2 N–H and O–H groups in total. The maximum Gasteiger partial charge on any atom is 0.281 e. The van der Waals surface area contributed by atoms with Gasteiger partial charge in [-0.05, 0) is 70.1 Å². The van der Waals surface area contributed by atoms with E-state index >= 15 is 4.39 Å². The molecule has 1 amide bonds. The minimum atomic E-state index is -4.32. The summed E-state index contributed by atoms with van der Waals surface area (Å²) in [4.78, 5) is 23.8. The Morgan fingerprint density at radius 3 is 2.57 bits per heavy atom. The van der Waals surface area contributed by atoms with Crippen LogP contribution in [0.3, 0.4) is 0 Å². The Hall–Kier alpha value is -2.95. The SMILES string of the molecule is CNc1cccc(S(=O)(=O)NC(=O)c2cc(F)c(OC(C)C3CCCC3)nc2N2C[C@@H](C)CC2(C)C)n1. The molecule has 9 nitrogen and oxygen atoms in total. The van der Waals surface area contributed by atoms with Gasteiger partial charge in [-0.3, -0.25) is 4.79 Å². The molecule has 2 fully saturated rings. The molecular weight excluding hydrogens is 497 g/mol. The number of nitrogens with zero attached hydrogens (tertiary/aromatic N) is 3. The number of pyridine rings is 2. The van der Waals surface area contributed by atoms with Gasteiger partial charge < -0.3 is 15.0 Å². The van der Waals surface area contributed by atoms with Crippen molar-refractivity contribution >= 4 is 27.6 Å². The van der Waals surface area contributed by atoms with E-state index in [0.29, 0.717) is 24.2 Å². The number of aromatic nitrogens is 2. The highest BCUT2D eigenvalue weighted by atomic mass is 32.2. The van der Waals surface area contributed by atoms with Gasteiger partial charge in [-0.2, -0.15) is 13.4 Å². The number of halogens is 1. The third-order valence-corrected chi connectivity index (χ3v) is 8.57. The fourth-order valence-electron chi connectivity index (χ4n) is 5.51. The van der Waals surface area contributed by atoms with Gasteiger partial charge in [0.1, 0.15) is 17.7 Å². The van der Waals surface area contributed by atoms with Gasteiger partial charge in [0, 0.05) is 19.1 Å². The molecule has 3 heterocycles. The molecule has 2 aromatic heterocycles. The van der Waals surface area contributed by atoms with Crippen LogP contribution >= 0.6 is 0 Å². The third kappa shape index (κ3) is 5.81. The van der Waals surface area contributed by atoms with E-state index < -0.39 is 21.7 Å². The van der Waals surface area contributed by atoms with Crippen molar-refractivity contribution in [3.63, 3.8) is 0 Å². The van der Waals surface area contributed by atoms with Crippen LogP contribution < -0.4 is 19.7 Å². The highest BCUT2D eigenvalue weighted by molar-refractivity contribution is 7.90. The van der Waals surface area contributed by atoms with E-state index in [-0.39, 0.29) is 33.9 Å². The molecule has 2 aromatic rings. The summed E-state index contributed by atoms with van der Waals surface area (Å²) in [5, 5.41) is 2.43. The summed E-state index contributed by atoms with van der Waals surface area (Å²) in [6, 6.07) is 5.42. The number of hydrogen-bond acceptors (Lipinski definition) is 8. The first-order chi connectivity index (χ1) is 17.4. The van der Waals surface area contributed by atoms with Crippen LogP contribution in [-0.2, 0) is 10.0 Å². The number of carbonyl (C=O) groups is 1. The zero-order valence-corrected chi connectivity index (χ0v) is 22.9. The first-order valence-electron chi connectivity index (χ1n) is 12.8. The predicted octanol–water partition coefficient (Wildman–Crippen LogP) is 4.36. The minimum absolute atomic E-state index is 0.172. The fraction of sp³-hybridized carbons (Fsp3) is 0.577. The number of amides is 1. The average molecular weight is 534 g/mol. The molecule has 1 aliphatic heterocycles. The van der Waals surface area contributed by atoms with Crippen molar-refractivity contribution in [3.8, 4) is 5.88 Å². The van der Waals surface area contributed by atoms with E-state index in [9.17, 15) is 13.2 Å². The summed E-state index contributed by atoms with van der Waals surface area (Å²) >= 11 is 0. The lowest BCUT2D eigenvalue weighted by Gasteiger charge is -2.34. The molecule has 0 aromatic carbocycles. The van der Waals surface area contributed by atoms with Gasteiger partial charge in [0.2, 0.25) is 0 Å². The number of sulfonamides is 1. The van der Waals surface area contributed by atoms with Crippen molar-refractivity contribution in [3.05, 3.63) is 35.6 Å². The van der Waals surface area contributed by atoms with Gasteiger partial charge in [0.05, 0.1) is 5.56 Å². The molecule has 11 heteroatoms. The van der Waals surface area contributed by atoms with Gasteiger partial charge >= 0.3 is 0 Å². The number of carbonyl (C=O) groups excluding carboxylic acids is 1. The van der Waals surface area contributed by atoms with Gasteiger partial charge in [-0.25, -0.2) is 14.1 Å². The second-order valence-electron chi connectivity index (χ2n) is 10.8. The van der Waals surface area contributed by atoms with Crippen molar-refractivity contribution in [2.24, 2.45) is 11.8 Å². The first kappa shape index (κ1) is 27.1. The lowest BCUT2D eigenvalue weighted by molar-refractivity contribution is 0.0980. The maximum atomic E-state index is 15.3. The normalized spacial score (nSPS) is 20.6. The topological polar surface area (TPSA) is 114 Å². The lowest BCUT2D eigenvalue weighted by Crippen LogP contribution is -2.41. The molecule has 1 saturated carbocycles.